The Morgan fingerprint density at radius 3 is 2.72 bits per heavy atom. The zero-order valence-corrected chi connectivity index (χ0v) is 18.2. The molecule has 2 heterocycles. The lowest BCUT2D eigenvalue weighted by Crippen LogP contribution is -2.14. The Labute approximate surface area is 175 Å². The molecule has 0 spiro atoms. The molecule has 1 aromatic carbocycles. The van der Waals surface area contributed by atoms with Crippen LogP contribution in [0.4, 0.5) is 0 Å². The fraction of sp³-hybridized carbons (Fsp3) is 0.409. The Morgan fingerprint density at radius 2 is 2.10 bits per heavy atom. The van der Waals surface area contributed by atoms with Crippen LogP contribution in [0.5, 0.6) is 0 Å². The summed E-state index contributed by atoms with van der Waals surface area (Å²) in [6.07, 6.45) is 2.13. The minimum atomic E-state index is -0.640. The van der Waals surface area contributed by atoms with Crippen molar-refractivity contribution in [1.29, 1.82) is 0 Å². The maximum Gasteiger partial charge on any atom is 0.288 e. The monoisotopic (exact) mass is 412 g/mol. The number of carbonyl (C=O) groups is 1. The first-order chi connectivity index (χ1) is 13.9. The highest BCUT2D eigenvalue weighted by Gasteiger charge is 2.21. The van der Waals surface area contributed by atoms with Crippen LogP contribution in [0.1, 0.15) is 61.5 Å². The first-order valence-electron chi connectivity index (χ1n) is 9.95. The Bertz CT molecular complexity index is 977. The average Bonchev–Trinajstić information content (AvgIpc) is 3.31. The van der Waals surface area contributed by atoms with Crippen molar-refractivity contribution in [2.24, 2.45) is 11.7 Å². The number of ether oxygens (including phenoxy) is 1. The maximum atomic E-state index is 11.7. The van der Waals surface area contributed by atoms with Gasteiger partial charge < -0.3 is 10.5 Å². The molecule has 7 heteroatoms. The van der Waals surface area contributed by atoms with Crippen LogP contribution < -0.4 is 5.73 Å². The van der Waals surface area contributed by atoms with Crippen LogP contribution in [0, 0.1) is 12.8 Å². The van der Waals surface area contributed by atoms with E-state index in [1.54, 1.807) is 16.0 Å². The highest BCUT2D eigenvalue weighted by atomic mass is 32.1. The van der Waals surface area contributed by atoms with Gasteiger partial charge in [0.15, 0.2) is 5.82 Å². The van der Waals surface area contributed by atoms with Crippen molar-refractivity contribution in [3.63, 3.8) is 0 Å². The quantitative estimate of drug-likeness (QED) is 0.506. The Morgan fingerprint density at radius 1 is 1.31 bits per heavy atom. The molecule has 0 aliphatic carbocycles. The number of amides is 1. The van der Waals surface area contributed by atoms with Crippen LogP contribution in [0.25, 0.3) is 16.4 Å². The molecule has 0 bridgehead atoms. The molecule has 0 aliphatic heterocycles. The summed E-state index contributed by atoms with van der Waals surface area (Å²) in [5.74, 6) is 0.325. The third-order valence-corrected chi connectivity index (χ3v) is 5.75. The number of aryl methyl sites for hydroxylation is 1. The molecular formula is C22H28N4O2S. The Balaban J connectivity index is 2.04. The number of hydrogen-bond donors (Lipinski definition) is 1. The number of hydrogen-bond acceptors (Lipinski definition) is 5. The van der Waals surface area contributed by atoms with Gasteiger partial charge in [0.2, 0.25) is 5.82 Å². The lowest BCUT2D eigenvalue weighted by Gasteiger charge is -2.22. The van der Waals surface area contributed by atoms with Gasteiger partial charge in [-0.2, -0.15) is 0 Å². The molecule has 3 rings (SSSR count). The molecule has 1 unspecified atom stereocenters. The second-order valence-electron chi connectivity index (χ2n) is 7.45. The summed E-state index contributed by atoms with van der Waals surface area (Å²) < 4.78 is 7.87. The molecule has 1 amide bonds. The number of aromatic nitrogens is 3. The molecule has 6 nitrogen and oxygen atoms in total. The van der Waals surface area contributed by atoms with Crippen molar-refractivity contribution < 1.29 is 9.53 Å². The summed E-state index contributed by atoms with van der Waals surface area (Å²) in [7, 11) is 0. The van der Waals surface area contributed by atoms with Crippen LogP contribution in [-0.2, 0) is 4.74 Å². The van der Waals surface area contributed by atoms with Crippen molar-refractivity contribution >= 4 is 17.2 Å². The van der Waals surface area contributed by atoms with Gasteiger partial charge in [0.25, 0.3) is 5.91 Å². The molecule has 3 aromatic rings. The molecule has 0 fully saturated rings. The number of nitrogens with two attached hydrogens (primary N) is 1. The van der Waals surface area contributed by atoms with Crippen LogP contribution in [-0.4, -0.2) is 27.3 Å². The van der Waals surface area contributed by atoms with Gasteiger partial charge in [0.1, 0.15) is 0 Å². The van der Waals surface area contributed by atoms with E-state index in [9.17, 15) is 4.79 Å². The predicted octanol–water partition coefficient (Wildman–Crippen LogP) is 4.92. The minimum Gasteiger partial charge on any atom is -0.373 e. The molecule has 1 atom stereocenters. The van der Waals surface area contributed by atoms with Crippen molar-refractivity contribution in [2.45, 2.75) is 46.6 Å². The Hall–Kier alpha value is -2.51. The van der Waals surface area contributed by atoms with Gasteiger partial charge >= 0.3 is 0 Å². The van der Waals surface area contributed by atoms with Crippen molar-refractivity contribution in [1.82, 2.24) is 14.8 Å². The number of carbonyl (C=O) groups excluding carboxylic acids is 1. The summed E-state index contributed by atoms with van der Waals surface area (Å²) in [6, 6.07) is 10.1. The van der Waals surface area contributed by atoms with E-state index in [1.807, 2.05) is 30.5 Å². The summed E-state index contributed by atoms with van der Waals surface area (Å²) >= 11 is 1.57. The summed E-state index contributed by atoms with van der Waals surface area (Å²) in [5, 5.41) is 6.40. The van der Waals surface area contributed by atoms with Crippen LogP contribution in [0.2, 0.25) is 0 Å². The molecule has 0 aliphatic rings. The normalized spacial score (nSPS) is 12.4. The molecule has 0 saturated heterocycles. The average molecular weight is 413 g/mol. The fourth-order valence-electron chi connectivity index (χ4n) is 3.21. The number of primary amides is 1. The highest BCUT2D eigenvalue weighted by molar-refractivity contribution is 7.13. The third kappa shape index (κ3) is 4.74. The number of unbranched alkanes of at least 4 members (excludes halogenated alkanes) is 1. The molecule has 2 N–H and O–H groups in total. The lowest BCUT2D eigenvalue weighted by molar-refractivity contribution is 0.0194. The topological polar surface area (TPSA) is 83.0 Å². The number of benzene rings is 1. The summed E-state index contributed by atoms with van der Waals surface area (Å²) in [5.41, 5.74) is 8.45. The number of nitrogens with zero attached hydrogens (tertiary/aromatic N) is 3. The van der Waals surface area contributed by atoms with Gasteiger partial charge in [0.05, 0.1) is 16.7 Å². The zero-order valence-electron chi connectivity index (χ0n) is 17.4. The van der Waals surface area contributed by atoms with E-state index in [-0.39, 0.29) is 11.9 Å². The lowest BCUT2D eigenvalue weighted by atomic mass is 9.98. The van der Waals surface area contributed by atoms with Gasteiger partial charge in [-0.3, -0.25) is 4.79 Å². The number of thiophene rings is 1. The van der Waals surface area contributed by atoms with E-state index in [2.05, 4.69) is 43.0 Å². The van der Waals surface area contributed by atoms with E-state index in [0.717, 1.165) is 41.1 Å². The van der Waals surface area contributed by atoms with Gasteiger partial charge in [-0.1, -0.05) is 39.3 Å². The minimum absolute atomic E-state index is 0.00689. The maximum absolute atomic E-state index is 11.7. The smallest absolute Gasteiger partial charge is 0.288 e. The van der Waals surface area contributed by atoms with E-state index in [1.165, 1.54) is 0 Å². The van der Waals surface area contributed by atoms with Crippen LogP contribution in [0.3, 0.4) is 0 Å². The summed E-state index contributed by atoms with van der Waals surface area (Å²) in [6.45, 7) is 9.22. The molecule has 154 valence electrons. The van der Waals surface area contributed by atoms with Gasteiger partial charge in [-0.15, -0.1) is 16.4 Å². The molecule has 2 aromatic heterocycles. The summed E-state index contributed by atoms with van der Waals surface area (Å²) in [4.78, 5) is 17.1. The highest BCUT2D eigenvalue weighted by Crippen LogP contribution is 2.31. The van der Waals surface area contributed by atoms with E-state index in [0.29, 0.717) is 11.7 Å². The van der Waals surface area contributed by atoms with Crippen LogP contribution in [0.15, 0.2) is 35.7 Å². The van der Waals surface area contributed by atoms with Gasteiger partial charge in [-0.25, -0.2) is 9.67 Å². The molecule has 0 saturated carbocycles. The van der Waals surface area contributed by atoms with E-state index >= 15 is 0 Å². The van der Waals surface area contributed by atoms with Crippen LogP contribution >= 0.6 is 11.3 Å². The number of rotatable bonds is 9. The molecule has 0 radical (unpaired) electrons. The van der Waals surface area contributed by atoms with Crippen molar-refractivity contribution in [3.05, 3.63) is 52.7 Å². The Kier molecular flexibility index (Phi) is 6.82. The second-order valence-corrected chi connectivity index (χ2v) is 8.37. The zero-order chi connectivity index (χ0) is 21.0. The first-order valence-corrected chi connectivity index (χ1v) is 10.8. The van der Waals surface area contributed by atoms with E-state index in [4.69, 9.17) is 10.5 Å². The molecular weight excluding hydrogens is 384 g/mol. The van der Waals surface area contributed by atoms with Crippen molar-refractivity contribution in [2.75, 3.05) is 6.61 Å². The standard InChI is InChI=1S/C22H28N4O2S/c1-5-6-11-28-18(14(2)3)16-8-7-9-17(13-16)26-22(19-15(4)10-12-29-19)24-21(25-26)20(23)27/h7-10,12-14,18H,5-6,11H2,1-4H3,(H2,23,27). The largest absolute Gasteiger partial charge is 0.373 e. The fourth-order valence-corrected chi connectivity index (χ4v) is 4.11. The SMILES string of the molecule is CCCCOC(c1cccc(-n2nc(C(N)=O)nc2-c2sccc2C)c1)C(C)C. The third-order valence-electron chi connectivity index (χ3n) is 4.74. The second kappa shape index (κ2) is 9.33. The van der Waals surface area contributed by atoms with Gasteiger partial charge in [-0.05, 0) is 54.0 Å². The van der Waals surface area contributed by atoms with E-state index < -0.39 is 5.91 Å². The predicted molar refractivity (Wildman–Crippen MR) is 116 cm³/mol. The first kappa shape index (κ1) is 21.2. The van der Waals surface area contributed by atoms with Crippen molar-refractivity contribution in [3.8, 4) is 16.4 Å². The van der Waals surface area contributed by atoms with Gasteiger partial charge in [0, 0.05) is 6.61 Å². The molecule has 29 heavy (non-hydrogen) atoms.